The van der Waals surface area contributed by atoms with Gasteiger partial charge >= 0.3 is 0 Å². The Kier molecular flexibility index (Phi) is 6.32. The number of hydrogen-bond donors (Lipinski definition) is 1. The predicted molar refractivity (Wildman–Crippen MR) is 103 cm³/mol. The summed E-state index contributed by atoms with van der Waals surface area (Å²) < 4.78 is 10.9. The van der Waals surface area contributed by atoms with E-state index in [0.717, 1.165) is 0 Å². The quantitative estimate of drug-likeness (QED) is 0.625. The molecule has 0 aliphatic rings. The molecule has 0 saturated carbocycles. The van der Waals surface area contributed by atoms with Crippen molar-refractivity contribution in [1.29, 1.82) is 0 Å². The highest BCUT2D eigenvalue weighted by atomic mass is 35.5. The molecule has 6 nitrogen and oxygen atoms in total. The van der Waals surface area contributed by atoms with Gasteiger partial charge in [-0.1, -0.05) is 59.5 Å². The number of halogens is 2. The molecule has 0 aliphatic heterocycles. The molecule has 1 atom stereocenters. The Labute approximate surface area is 166 Å². The van der Waals surface area contributed by atoms with Crippen molar-refractivity contribution in [1.82, 2.24) is 15.5 Å². The maximum Gasteiger partial charge on any atom is 0.261 e. The average Bonchev–Trinajstić information content (AvgIpc) is 3.14. The molecule has 0 saturated heterocycles. The molecule has 140 valence electrons. The number of para-hydroxylation sites is 1. The standard InChI is InChI=1S/C19H17Cl2N3O3/c1-2-15(26-16-10-6-5-9-14(16)21)19(25)22-11-17-23-18(24-27-17)12-7-3-4-8-13(12)20/h3-10,15H,2,11H2,1H3,(H,22,25). The first kappa shape index (κ1) is 19.2. The van der Waals surface area contributed by atoms with Gasteiger partial charge in [-0.2, -0.15) is 4.98 Å². The van der Waals surface area contributed by atoms with Crippen LogP contribution >= 0.6 is 23.2 Å². The van der Waals surface area contributed by atoms with E-state index in [4.69, 9.17) is 32.5 Å². The molecular weight excluding hydrogens is 389 g/mol. The van der Waals surface area contributed by atoms with Crippen molar-refractivity contribution >= 4 is 29.1 Å². The minimum Gasteiger partial charge on any atom is -0.479 e. The number of nitrogens with zero attached hydrogens (tertiary/aromatic N) is 2. The highest BCUT2D eigenvalue weighted by Crippen LogP contribution is 2.26. The van der Waals surface area contributed by atoms with Gasteiger partial charge in [-0.25, -0.2) is 0 Å². The van der Waals surface area contributed by atoms with Crippen LogP contribution in [0.1, 0.15) is 19.2 Å². The van der Waals surface area contributed by atoms with E-state index in [9.17, 15) is 4.79 Å². The van der Waals surface area contributed by atoms with Crippen LogP contribution in [0.25, 0.3) is 11.4 Å². The van der Waals surface area contributed by atoms with Gasteiger partial charge in [0.2, 0.25) is 11.7 Å². The lowest BCUT2D eigenvalue weighted by molar-refractivity contribution is -0.128. The third-order valence-electron chi connectivity index (χ3n) is 3.77. The van der Waals surface area contributed by atoms with Gasteiger partial charge in [0.15, 0.2) is 6.10 Å². The number of carbonyl (C=O) groups is 1. The second-order valence-electron chi connectivity index (χ2n) is 5.65. The summed E-state index contributed by atoms with van der Waals surface area (Å²) in [5, 5.41) is 7.60. The molecule has 1 heterocycles. The van der Waals surface area contributed by atoms with Gasteiger partial charge in [0.05, 0.1) is 16.6 Å². The Balaban J connectivity index is 1.61. The number of benzene rings is 2. The van der Waals surface area contributed by atoms with E-state index in [0.29, 0.717) is 33.6 Å². The Bertz CT molecular complexity index is 930. The number of aromatic nitrogens is 2. The lowest BCUT2D eigenvalue weighted by atomic mass is 10.2. The lowest BCUT2D eigenvalue weighted by Gasteiger charge is -2.17. The van der Waals surface area contributed by atoms with E-state index in [2.05, 4.69) is 15.5 Å². The van der Waals surface area contributed by atoms with Gasteiger partial charge < -0.3 is 14.6 Å². The van der Waals surface area contributed by atoms with Crippen LogP contribution in [0.5, 0.6) is 5.75 Å². The maximum absolute atomic E-state index is 12.4. The third-order valence-corrected chi connectivity index (χ3v) is 4.41. The molecule has 8 heteroatoms. The minimum absolute atomic E-state index is 0.0820. The van der Waals surface area contributed by atoms with E-state index in [1.165, 1.54) is 0 Å². The molecule has 0 aliphatic carbocycles. The molecule has 1 unspecified atom stereocenters. The van der Waals surface area contributed by atoms with Crippen molar-refractivity contribution in [3.8, 4) is 17.1 Å². The summed E-state index contributed by atoms with van der Waals surface area (Å²) in [6, 6.07) is 14.2. The van der Waals surface area contributed by atoms with Gasteiger partial charge in [0, 0.05) is 5.56 Å². The fourth-order valence-corrected chi connectivity index (χ4v) is 2.77. The molecule has 0 spiro atoms. The van der Waals surface area contributed by atoms with Crippen molar-refractivity contribution in [2.24, 2.45) is 0 Å². The van der Waals surface area contributed by atoms with E-state index < -0.39 is 6.10 Å². The van der Waals surface area contributed by atoms with Gasteiger partial charge in [0.25, 0.3) is 5.91 Å². The number of amides is 1. The molecule has 27 heavy (non-hydrogen) atoms. The van der Waals surface area contributed by atoms with Crippen LogP contribution in [0.3, 0.4) is 0 Å². The fraction of sp³-hybridized carbons (Fsp3) is 0.211. The zero-order chi connectivity index (χ0) is 19.2. The topological polar surface area (TPSA) is 77.2 Å². The minimum atomic E-state index is -0.684. The highest BCUT2D eigenvalue weighted by molar-refractivity contribution is 6.33. The van der Waals surface area contributed by atoms with E-state index in [1.807, 2.05) is 19.1 Å². The summed E-state index contributed by atoms with van der Waals surface area (Å²) in [5.41, 5.74) is 0.661. The van der Waals surface area contributed by atoms with Crippen LogP contribution in [0, 0.1) is 0 Å². The van der Waals surface area contributed by atoms with Gasteiger partial charge in [-0.15, -0.1) is 0 Å². The van der Waals surface area contributed by atoms with Crippen molar-refractivity contribution in [3.05, 3.63) is 64.5 Å². The lowest BCUT2D eigenvalue weighted by Crippen LogP contribution is -2.37. The van der Waals surface area contributed by atoms with E-state index in [-0.39, 0.29) is 18.3 Å². The Hall–Kier alpha value is -2.57. The SMILES string of the molecule is CCC(Oc1ccccc1Cl)C(=O)NCc1nc(-c2ccccc2Cl)no1. The predicted octanol–water partition coefficient (Wildman–Crippen LogP) is 4.52. The average molecular weight is 406 g/mol. The third kappa shape index (κ3) is 4.78. The van der Waals surface area contributed by atoms with E-state index >= 15 is 0 Å². The second kappa shape index (κ2) is 8.88. The Morgan fingerprint density at radius 3 is 2.56 bits per heavy atom. The first-order valence-electron chi connectivity index (χ1n) is 8.35. The van der Waals surface area contributed by atoms with Crippen molar-refractivity contribution in [2.75, 3.05) is 0 Å². The van der Waals surface area contributed by atoms with Crippen molar-refractivity contribution in [2.45, 2.75) is 26.0 Å². The monoisotopic (exact) mass is 405 g/mol. The molecule has 0 radical (unpaired) electrons. The molecule has 1 amide bonds. The molecular formula is C19H17Cl2N3O3. The van der Waals surface area contributed by atoms with E-state index in [1.54, 1.807) is 36.4 Å². The molecule has 3 aromatic rings. The molecule has 1 aromatic heterocycles. The normalized spacial score (nSPS) is 11.8. The first-order valence-corrected chi connectivity index (χ1v) is 9.10. The Morgan fingerprint density at radius 2 is 1.85 bits per heavy atom. The molecule has 3 rings (SSSR count). The summed E-state index contributed by atoms with van der Waals surface area (Å²) in [5.74, 6) is 0.796. The molecule has 1 N–H and O–H groups in total. The summed E-state index contributed by atoms with van der Waals surface area (Å²) in [4.78, 5) is 16.7. The molecule has 0 fully saturated rings. The number of rotatable bonds is 7. The summed E-state index contributed by atoms with van der Waals surface area (Å²) in [6.45, 7) is 1.93. The van der Waals surface area contributed by atoms with Crippen LogP contribution in [0.15, 0.2) is 53.1 Å². The Morgan fingerprint density at radius 1 is 1.15 bits per heavy atom. The molecule has 2 aromatic carbocycles. The number of carbonyl (C=O) groups excluding carboxylic acids is 1. The van der Waals surface area contributed by atoms with Gasteiger partial charge in [0.1, 0.15) is 5.75 Å². The molecule has 0 bridgehead atoms. The highest BCUT2D eigenvalue weighted by Gasteiger charge is 2.20. The van der Waals surface area contributed by atoms with Crippen LogP contribution in [0.4, 0.5) is 0 Å². The largest absolute Gasteiger partial charge is 0.479 e. The van der Waals surface area contributed by atoms with Crippen molar-refractivity contribution in [3.63, 3.8) is 0 Å². The smallest absolute Gasteiger partial charge is 0.261 e. The van der Waals surface area contributed by atoms with Crippen LogP contribution < -0.4 is 10.1 Å². The number of hydrogen-bond acceptors (Lipinski definition) is 5. The summed E-state index contributed by atoms with van der Waals surface area (Å²) in [6.07, 6.45) is -0.206. The van der Waals surface area contributed by atoms with Gasteiger partial charge in [-0.3, -0.25) is 4.79 Å². The zero-order valence-corrected chi connectivity index (χ0v) is 16.0. The van der Waals surface area contributed by atoms with Crippen LogP contribution in [-0.2, 0) is 11.3 Å². The summed E-state index contributed by atoms with van der Waals surface area (Å²) >= 11 is 12.2. The van der Waals surface area contributed by atoms with Crippen molar-refractivity contribution < 1.29 is 14.1 Å². The maximum atomic E-state index is 12.4. The first-order chi connectivity index (χ1) is 13.1. The number of ether oxygens (including phenoxy) is 1. The second-order valence-corrected chi connectivity index (χ2v) is 6.47. The number of nitrogens with one attached hydrogen (secondary N) is 1. The fourth-order valence-electron chi connectivity index (χ4n) is 2.37. The summed E-state index contributed by atoms with van der Waals surface area (Å²) in [7, 11) is 0. The van der Waals surface area contributed by atoms with Crippen LogP contribution in [-0.4, -0.2) is 22.2 Å². The zero-order valence-electron chi connectivity index (χ0n) is 14.5. The van der Waals surface area contributed by atoms with Crippen LogP contribution in [0.2, 0.25) is 10.0 Å². The van der Waals surface area contributed by atoms with Gasteiger partial charge in [-0.05, 0) is 30.7 Å².